The molecule has 3 atom stereocenters. The highest BCUT2D eigenvalue weighted by atomic mass is 32.2. The van der Waals surface area contributed by atoms with Crippen molar-refractivity contribution in [2.45, 2.75) is 21.0 Å². The van der Waals surface area contributed by atoms with E-state index >= 15 is 0 Å². The van der Waals surface area contributed by atoms with Crippen molar-refractivity contribution in [2.24, 2.45) is 5.92 Å². The first-order valence-electron chi connectivity index (χ1n) is 22.7. The van der Waals surface area contributed by atoms with Crippen LogP contribution in [0.4, 0.5) is 17.1 Å². The molecule has 306 valence electrons. The second kappa shape index (κ2) is 14.0. The van der Waals surface area contributed by atoms with Gasteiger partial charge in [-0.1, -0.05) is 182 Å². The minimum atomic E-state index is -0.533. The van der Waals surface area contributed by atoms with Crippen molar-refractivity contribution in [3.8, 4) is 44.9 Å². The predicted molar refractivity (Wildman–Crippen MR) is 267 cm³/mol. The van der Waals surface area contributed by atoms with Gasteiger partial charge in [-0.3, -0.25) is 0 Å². The summed E-state index contributed by atoms with van der Waals surface area (Å²) in [4.78, 5) is 3.85. The molecule has 3 unspecified atom stereocenters. The summed E-state index contributed by atoms with van der Waals surface area (Å²) < 4.78 is 6.65. The lowest BCUT2D eigenvalue weighted by Crippen LogP contribution is -2.43. The molecule has 2 spiro atoms. The molecular formula is C62H41NOS. The number of ether oxygens (including phenoxy) is 1. The highest BCUT2D eigenvalue weighted by Gasteiger charge is 2.55. The first-order valence-corrected chi connectivity index (χ1v) is 23.5. The van der Waals surface area contributed by atoms with Crippen molar-refractivity contribution in [1.29, 1.82) is 0 Å². The zero-order valence-corrected chi connectivity index (χ0v) is 36.3. The van der Waals surface area contributed by atoms with Gasteiger partial charge in [-0.15, -0.1) is 11.8 Å². The average molecular weight is 848 g/mol. The van der Waals surface area contributed by atoms with Crippen LogP contribution >= 0.6 is 11.8 Å². The molecule has 0 amide bonds. The lowest BCUT2D eigenvalue weighted by molar-refractivity contribution is 0.436. The topological polar surface area (TPSA) is 12.5 Å². The fourth-order valence-corrected chi connectivity index (χ4v) is 13.7. The van der Waals surface area contributed by atoms with Crippen LogP contribution in [-0.2, 0) is 10.8 Å². The molecule has 9 aromatic carbocycles. The van der Waals surface area contributed by atoms with Crippen LogP contribution < -0.4 is 9.64 Å². The van der Waals surface area contributed by atoms with Gasteiger partial charge < -0.3 is 9.64 Å². The highest BCUT2D eigenvalue weighted by molar-refractivity contribution is 8.00. The number of rotatable bonds is 4. The molecule has 0 aromatic heterocycles. The molecule has 0 saturated carbocycles. The quantitative estimate of drug-likeness (QED) is 0.175. The summed E-state index contributed by atoms with van der Waals surface area (Å²) in [6, 6.07) is 78.9. The fraction of sp³-hybridized carbons (Fsp3) is 0.0645. The van der Waals surface area contributed by atoms with Gasteiger partial charge in [0.15, 0.2) is 0 Å². The summed E-state index contributed by atoms with van der Waals surface area (Å²) in [5, 5.41) is 0.332. The van der Waals surface area contributed by atoms with Gasteiger partial charge in [0.1, 0.15) is 11.5 Å². The normalized spacial score (nSPS) is 19.2. The minimum Gasteiger partial charge on any atom is -0.457 e. The highest BCUT2D eigenvalue weighted by Crippen LogP contribution is 2.65. The van der Waals surface area contributed by atoms with Crippen molar-refractivity contribution >= 4 is 28.8 Å². The van der Waals surface area contributed by atoms with Gasteiger partial charge in [0.25, 0.3) is 0 Å². The van der Waals surface area contributed by atoms with E-state index in [2.05, 4.69) is 242 Å². The third-order valence-corrected chi connectivity index (χ3v) is 16.1. The van der Waals surface area contributed by atoms with Crippen LogP contribution in [0, 0.1) is 5.92 Å². The molecule has 0 radical (unpaired) electrons. The largest absolute Gasteiger partial charge is 0.457 e. The summed E-state index contributed by atoms with van der Waals surface area (Å²) >= 11 is 2.01. The van der Waals surface area contributed by atoms with Crippen LogP contribution in [0.15, 0.2) is 242 Å². The van der Waals surface area contributed by atoms with E-state index in [1.165, 1.54) is 77.2 Å². The van der Waals surface area contributed by atoms with Crippen molar-refractivity contribution in [3.05, 3.63) is 276 Å². The second-order valence-corrected chi connectivity index (χ2v) is 19.0. The zero-order chi connectivity index (χ0) is 42.7. The number of hydrogen-bond donors (Lipinski definition) is 0. The Labute approximate surface area is 383 Å². The number of thioether (sulfide) groups is 1. The van der Waals surface area contributed by atoms with Gasteiger partial charge in [0.2, 0.25) is 0 Å². The van der Waals surface area contributed by atoms with Crippen molar-refractivity contribution in [2.75, 3.05) is 4.90 Å². The predicted octanol–water partition coefficient (Wildman–Crippen LogP) is 15.8. The van der Waals surface area contributed by atoms with Gasteiger partial charge in [-0.25, -0.2) is 0 Å². The van der Waals surface area contributed by atoms with Crippen LogP contribution in [0.3, 0.4) is 0 Å². The van der Waals surface area contributed by atoms with E-state index in [1.807, 2.05) is 11.8 Å². The van der Waals surface area contributed by atoms with E-state index in [4.69, 9.17) is 4.74 Å². The Kier molecular flexibility index (Phi) is 7.91. The van der Waals surface area contributed by atoms with Gasteiger partial charge >= 0.3 is 0 Å². The Bertz CT molecular complexity index is 3450. The first-order chi connectivity index (χ1) is 32.2. The van der Waals surface area contributed by atoms with Gasteiger partial charge in [-0.05, 0) is 116 Å². The van der Waals surface area contributed by atoms with Crippen LogP contribution in [0.25, 0.3) is 33.4 Å². The molecule has 2 nitrogen and oxygen atoms in total. The Hall–Kier alpha value is -7.59. The molecule has 2 aliphatic heterocycles. The molecule has 3 aliphatic carbocycles. The summed E-state index contributed by atoms with van der Waals surface area (Å²) in [6.45, 7) is 0. The Morgan fingerprint density at radius 2 is 0.908 bits per heavy atom. The third-order valence-electron chi connectivity index (χ3n) is 14.8. The zero-order valence-electron chi connectivity index (χ0n) is 35.4. The molecular weight excluding hydrogens is 807 g/mol. The molecule has 5 aliphatic rings. The minimum absolute atomic E-state index is 0.267. The van der Waals surface area contributed by atoms with Crippen LogP contribution in [0.2, 0.25) is 0 Å². The average Bonchev–Trinajstić information content (AvgIpc) is 3.82. The van der Waals surface area contributed by atoms with Crippen LogP contribution in [0.5, 0.6) is 11.5 Å². The molecule has 3 heteroatoms. The fourth-order valence-electron chi connectivity index (χ4n) is 12.3. The SMILES string of the molecule is C1=CC2Sc3ccccc3C3(c4ccccc4-c4cc(N(c5cccc(-c6ccccc6)c5)c5ccc6c(c5)-c5ccccc5C65c6ccccc6Oc6ccccc65)ccc43)C2C=C1. The van der Waals surface area contributed by atoms with Gasteiger partial charge in [0, 0.05) is 44.3 Å². The molecule has 9 aromatic rings. The Balaban J connectivity index is 1.01. The molecule has 0 N–H and O–H groups in total. The molecule has 65 heavy (non-hydrogen) atoms. The number of hydrogen-bond acceptors (Lipinski definition) is 3. The van der Waals surface area contributed by atoms with Gasteiger partial charge in [-0.2, -0.15) is 0 Å². The summed E-state index contributed by atoms with van der Waals surface area (Å²) in [6.07, 6.45) is 9.39. The van der Waals surface area contributed by atoms with E-state index in [1.54, 1.807) is 0 Å². The molecule has 0 fully saturated rings. The summed E-state index contributed by atoms with van der Waals surface area (Å²) in [5.74, 6) is 2.07. The third kappa shape index (κ3) is 5.02. The first kappa shape index (κ1) is 36.8. The number of anilines is 3. The van der Waals surface area contributed by atoms with E-state index in [0.29, 0.717) is 5.25 Å². The number of allylic oxidation sites excluding steroid dienone is 3. The summed E-state index contributed by atoms with van der Waals surface area (Å²) in [5.41, 5.74) is 19.0. The molecule has 0 saturated heterocycles. The number of benzene rings is 9. The molecule has 2 heterocycles. The van der Waals surface area contributed by atoms with Crippen LogP contribution in [0.1, 0.15) is 38.9 Å². The van der Waals surface area contributed by atoms with Gasteiger partial charge in [0.05, 0.1) is 10.8 Å². The molecule has 0 bridgehead atoms. The van der Waals surface area contributed by atoms with E-state index < -0.39 is 5.41 Å². The lowest BCUT2D eigenvalue weighted by atomic mass is 9.62. The van der Waals surface area contributed by atoms with E-state index in [-0.39, 0.29) is 11.3 Å². The Morgan fingerprint density at radius 1 is 0.385 bits per heavy atom. The maximum Gasteiger partial charge on any atom is 0.132 e. The number of nitrogens with zero attached hydrogens (tertiary/aromatic N) is 1. The lowest BCUT2D eigenvalue weighted by Gasteiger charge is -2.47. The maximum atomic E-state index is 6.65. The smallest absolute Gasteiger partial charge is 0.132 e. The van der Waals surface area contributed by atoms with Crippen molar-refractivity contribution in [3.63, 3.8) is 0 Å². The second-order valence-electron chi connectivity index (χ2n) is 17.8. The summed E-state index contributed by atoms with van der Waals surface area (Å²) in [7, 11) is 0. The Morgan fingerprint density at radius 3 is 1.66 bits per heavy atom. The van der Waals surface area contributed by atoms with E-state index in [9.17, 15) is 0 Å². The number of para-hydroxylation sites is 2. The van der Waals surface area contributed by atoms with E-state index in [0.717, 1.165) is 28.6 Å². The van der Waals surface area contributed by atoms with Crippen molar-refractivity contribution < 1.29 is 4.74 Å². The van der Waals surface area contributed by atoms with Crippen LogP contribution in [-0.4, -0.2) is 5.25 Å². The standard InChI is InChI=1S/C62H41NOS/c1-2-17-40(18-3-1)41-19-16-20-42(37-41)63(43-33-35-51-47(38-43)45-21-4-6-23-49(45)61(51)53-25-8-12-29-57(53)64-58-30-13-9-26-54(58)61)44-34-36-52-48(39-44)46-22-5-7-24-50(46)62(52)55-27-10-14-31-59(55)65-60-32-15-11-28-56(60)62/h1-39,55,59H. The maximum absolute atomic E-state index is 6.65. The number of fused-ring (bicyclic) bond motifs is 18. The molecule has 14 rings (SSSR count). The monoisotopic (exact) mass is 847 g/mol. The van der Waals surface area contributed by atoms with Crippen molar-refractivity contribution in [1.82, 2.24) is 0 Å².